The first-order chi connectivity index (χ1) is 7.00. The van der Waals surface area contributed by atoms with Crippen molar-refractivity contribution in [3.8, 4) is 0 Å². The number of carboxylic acid groups (broad SMARTS) is 1. The maximum absolute atomic E-state index is 10.5. The summed E-state index contributed by atoms with van der Waals surface area (Å²) in [5, 5.41) is 19.0. The van der Waals surface area contributed by atoms with Gasteiger partial charge in [0.2, 0.25) is 0 Å². The Kier molecular flexibility index (Phi) is 3.56. The summed E-state index contributed by atoms with van der Waals surface area (Å²) >= 11 is 2.83. The third-order valence-electron chi connectivity index (χ3n) is 1.58. The molecular formula is C9H6BrNO4. The summed E-state index contributed by atoms with van der Waals surface area (Å²) in [6, 6.07) is 5.71. The molecule has 0 fully saturated rings. The lowest BCUT2D eigenvalue weighted by Gasteiger charge is -1.95. The number of benzene rings is 1. The van der Waals surface area contributed by atoms with E-state index in [1.54, 1.807) is 6.07 Å². The molecule has 1 N–H and O–H groups in total. The Morgan fingerprint density at radius 2 is 2.20 bits per heavy atom. The highest BCUT2D eigenvalue weighted by Crippen LogP contribution is 2.17. The molecule has 0 aliphatic rings. The molecule has 5 nitrogen and oxygen atoms in total. The van der Waals surface area contributed by atoms with Gasteiger partial charge in [-0.3, -0.25) is 10.1 Å². The molecular weight excluding hydrogens is 266 g/mol. The number of halogens is 1. The van der Waals surface area contributed by atoms with E-state index in [4.69, 9.17) is 5.11 Å². The minimum absolute atomic E-state index is 0.0528. The third-order valence-corrected chi connectivity index (χ3v) is 2.15. The second kappa shape index (κ2) is 4.70. The number of carbonyl (C=O) groups is 1. The number of hydrogen-bond acceptors (Lipinski definition) is 3. The second-order valence-corrected chi connectivity index (χ2v) is 3.50. The fourth-order valence-corrected chi connectivity index (χ4v) is 1.20. The van der Waals surface area contributed by atoms with Crippen LogP contribution in [0.5, 0.6) is 0 Å². The Morgan fingerprint density at radius 3 is 2.73 bits per heavy atom. The highest BCUT2D eigenvalue weighted by molar-refractivity contribution is 9.12. The Bertz CT molecular complexity index is 441. The van der Waals surface area contributed by atoms with Crippen LogP contribution in [0.15, 0.2) is 28.7 Å². The van der Waals surface area contributed by atoms with Gasteiger partial charge in [0, 0.05) is 12.1 Å². The van der Waals surface area contributed by atoms with E-state index in [9.17, 15) is 14.9 Å². The quantitative estimate of drug-likeness (QED) is 0.520. The number of nitro benzene ring substituents is 1. The molecule has 0 aliphatic carbocycles. The smallest absolute Gasteiger partial charge is 0.342 e. The molecule has 0 saturated carbocycles. The van der Waals surface area contributed by atoms with Crippen molar-refractivity contribution in [2.45, 2.75) is 0 Å². The molecule has 0 aromatic heterocycles. The summed E-state index contributed by atoms with van der Waals surface area (Å²) in [7, 11) is 0. The maximum Gasteiger partial charge on any atom is 0.342 e. The number of aliphatic carboxylic acids is 1. The summed E-state index contributed by atoms with van der Waals surface area (Å²) in [6.45, 7) is 0. The van der Waals surface area contributed by atoms with E-state index in [0.29, 0.717) is 5.56 Å². The summed E-state index contributed by atoms with van der Waals surface area (Å²) in [4.78, 5) is 20.4. The van der Waals surface area contributed by atoms with Gasteiger partial charge in [-0.25, -0.2) is 4.79 Å². The molecule has 0 amide bonds. The zero-order valence-corrected chi connectivity index (χ0v) is 8.97. The van der Waals surface area contributed by atoms with Crippen molar-refractivity contribution in [2.24, 2.45) is 0 Å². The molecule has 1 aromatic rings. The van der Waals surface area contributed by atoms with Crippen molar-refractivity contribution >= 4 is 33.7 Å². The van der Waals surface area contributed by atoms with Crippen LogP contribution in [0.1, 0.15) is 5.56 Å². The van der Waals surface area contributed by atoms with Crippen molar-refractivity contribution in [1.82, 2.24) is 0 Å². The predicted molar refractivity (Wildman–Crippen MR) is 57.6 cm³/mol. The molecule has 0 unspecified atom stereocenters. The van der Waals surface area contributed by atoms with Crippen LogP contribution in [0.2, 0.25) is 0 Å². The van der Waals surface area contributed by atoms with E-state index in [1.165, 1.54) is 24.3 Å². The normalized spacial score (nSPS) is 11.1. The number of non-ortho nitro benzene ring substituents is 1. The minimum atomic E-state index is -1.12. The van der Waals surface area contributed by atoms with E-state index in [-0.39, 0.29) is 10.2 Å². The summed E-state index contributed by atoms with van der Waals surface area (Å²) in [5.74, 6) is -1.12. The average Bonchev–Trinajstić information content (AvgIpc) is 2.18. The van der Waals surface area contributed by atoms with Crippen molar-refractivity contribution < 1.29 is 14.8 Å². The Balaban J connectivity index is 3.06. The molecule has 0 heterocycles. The van der Waals surface area contributed by atoms with Gasteiger partial charge in [0.1, 0.15) is 4.48 Å². The van der Waals surface area contributed by atoms with Crippen LogP contribution < -0.4 is 0 Å². The topological polar surface area (TPSA) is 80.4 Å². The van der Waals surface area contributed by atoms with Gasteiger partial charge < -0.3 is 5.11 Å². The molecule has 1 rings (SSSR count). The second-order valence-electron chi connectivity index (χ2n) is 2.65. The van der Waals surface area contributed by atoms with Gasteiger partial charge in [0.05, 0.1) is 4.92 Å². The third kappa shape index (κ3) is 3.17. The number of rotatable bonds is 3. The van der Waals surface area contributed by atoms with Crippen LogP contribution in [-0.4, -0.2) is 16.0 Å². The largest absolute Gasteiger partial charge is 0.477 e. The zero-order chi connectivity index (χ0) is 11.4. The summed E-state index contributed by atoms with van der Waals surface area (Å²) < 4.78 is -0.0528. The van der Waals surface area contributed by atoms with Gasteiger partial charge in [-0.15, -0.1) is 0 Å². The fraction of sp³-hybridized carbons (Fsp3) is 0. The number of carboxylic acids is 1. The molecule has 15 heavy (non-hydrogen) atoms. The molecule has 0 saturated heterocycles. The Labute approximate surface area is 93.3 Å². The fourth-order valence-electron chi connectivity index (χ4n) is 0.936. The molecule has 6 heteroatoms. The first-order valence-electron chi connectivity index (χ1n) is 3.85. The van der Waals surface area contributed by atoms with Crippen LogP contribution >= 0.6 is 15.9 Å². The SMILES string of the molecule is O=C(O)/C(Br)=C\c1cccc([N+](=O)[O-])c1. The molecule has 0 atom stereocenters. The predicted octanol–water partition coefficient (Wildman–Crippen LogP) is 2.42. The first-order valence-corrected chi connectivity index (χ1v) is 4.65. The summed E-state index contributed by atoms with van der Waals surface area (Å²) in [5.41, 5.74) is 0.382. The average molecular weight is 272 g/mol. The van der Waals surface area contributed by atoms with Crippen molar-refractivity contribution in [3.05, 3.63) is 44.4 Å². The van der Waals surface area contributed by atoms with E-state index >= 15 is 0 Å². The van der Waals surface area contributed by atoms with E-state index in [1.807, 2.05) is 0 Å². The Morgan fingerprint density at radius 1 is 1.53 bits per heavy atom. The number of hydrogen-bond donors (Lipinski definition) is 1. The molecule has 0 bridgehead atoms. The number of nitro groups is 1. The van der Waals surface area contributed by atoms with E-state index in [2.05, 4.69) is 15.9 Å². The highest BCUT2D eigenvalue weighted by Gasteiger charge is 2.06. The van der Waals surface area contributed by atoms with Gasteiger partial charge in [0.15, 0.2) is 0 Å². The highest BCUT2D eigenvalue weighted by atomic mass is 79.9. The van der Waals surface area contributed by atoms with Gasteiger partial charge >= 0.3 is 5.97 Å². The zero-order valence-electron chi connectivity index (χ0n) is 7.38. The van der Waals surface area contributed by atoms with Gasteiger partial charge in [0.25, 0.3) is 5.69 Å². The lowest BCUT2D eigenvalue weighted by atomic mass is 10.2. The molecule has 78 valence electrons. The van der Waals surface area contributed by atoms with Crippen LogP contribution in [0.4, 0.5) is 5.69 Å². The van der Waals surface area contributed by atoms with E-state index in [0.717, 1.165) is 0 Å². The number of nitrogens with zero attached hydrogens (tertiary/aromatic N) is 1. The molecule has 0 radical (unpaired) electrons. The Hall–Kier alpha value is -1.69. The maximum atomic E-state index is 10.5. The van der Waals surface area contributed by atoms with Crippen LogP contribution in [0.3, 0.4) is 0 Å². The van der Waals surface area contributed by atoms with Crippen molar-refractivity contribution in [2.75, 3.05) is 0 Å². The van der Waals surface area contributed by atoms with Gasteiger partial charge in [-0.1, -0.05) is 12.1 Å². The standard InChI is InChI=1S/C9H6BrNO4/c10-8(9(12)13)5-6-2-1-3-7(4-6)11(14)15/h1-5H,(H,12,13)/b8-5+. The minimum Gasteiger partial charge on any atom is -0.477 e. The van der Waals surface area contributed by atoms with Gasteiger partial charge in [-0.2, -0.15) is 0 Å². The van der Waals surface area contributed by atoms with Crippen molar-refractivity contribution in [3.63, 3.8) is 0 Å². The van der Waals surface area contributed by atoms with Crippen LogP contribution in [0, 0.1) is 10.1 Å². The lowest BCUT2D eigenvalue weighted by molar-refractivity contribution is -0.384. The monoisotopic (exact) mass is 271 g/mol. The molecule has 0 spiro atoms. The van der Waals surface area contributed by atoms with Crippen LogP contribution in [0.25, 0.3) is 6.08 Å². The molecule has 1 aromatic carbocycles. The lowest BCUT2D eigenvalue weighted by Crippen LogP contribution is -1.93. The van der Waals surface area contributed by atoms with Crippen molar-refractivity contribution in [1.29, 1.82) is 0 Å². The van der Waals surface area contributed by atoms with Crippen LogP contribution in [-0.2, 0) is 4.79 Å². The summed E-state index contributed by atoms with van der Waals surface area (Å²) in [6.07, 6.45) is 1.30. The van der Waals surface area contributed by atoms with E-state index < -0.39 is 10.9 Å². The van der Waals surface area contributed by atoms with Gasteiger partial charge in [-0.05, 0) is 27.6 Å². The molecule has 0 aliphatic heterocycles. The first kappa shape index (κ1) is 11.4.